The van der Waals surface area contributed by atoms with Gasteiger partial charge in [-0.05, 0) is 86.3 Å². The first-order chi connectivity index (χ1) is 23.5. The van der Waals surface area contributed by atoms with Crippen molar-refractivity contribution in [1.29, 1.82) is 0 Å². The van der Waals surface area contributed by atoms with Crippen molar-refractivity contribution in [1.82, 2.24) is 25.4 Å². The van der Waals surface area contributed by atoms with Crippen molar-refractivity contribution in [2.75, 3.05) is 12.4 Å². The van der Waals surface area contributed by atoms with E-state index in [2.05, 4.69) is 26.2 Å². The topological polar surface area (TPSA) is 189 Å². The molecular formula is C35H38N6O8. The van der Waals surface area contributed by atoms with Crippen LogP contribution in [-0.2, 0) is 30.5 Å². The Labute approximate surface area is 280 Å². The minimum absolute atomic E-state index is 0.0144. The third-order valence-corrected chi connectivity index (χ3v) is 10.9. The summed E-state index contributed by atoms with van der Waals surface area (Å²) in [4.78, 5) is 91.7. The van der Waals surface area contributed by atoms with Crippen LogP contribution in [0.1, 0.15) is 55.8 Å². The molecule has 49 heavy (non-hydrogen) atoms. The number of ketones is 1. The number of carbonyl (C=O) groups excluding carboxylic acids is 6. The van der Waals surface area contributed by atoms with Crippen molar-refractivity contribution in [3.8, 4) is 0 Å². The molecule has 2 aromatic heterocycles. The van der Waals surface area contributed by atoms with Gasteiger partial charge < -0.3 is 35.2 Å². The molecule has 3 aromatic rings. The van der Waals surface area contributed by atoms with Gasteiger partial charge in [0.1, 0.15) is 23.9 Å². The van der Waals surface area contributed by atoms with Crippen LogP contribution in [0.25, 0.3) is 11.0 Å². The molecule has 1 aliphatic heterocycles. The van der Waals surface area contributed by atoms with Crippen molar-refractivity contribution in [3.05, 3.63) is 64.8 Å². The number of pyridine rings is 1. The molecule has 4 N–H and O–H groups in total. The molecule has 5 fully saturated rings. The Morgan fingerprint density at radius 1 is 1.02 bits per heavy atom. The number of nitrogens with zero attached hydrogens (tertiary/aromatic N) is 2. The second kappa shape index (κ2) is 12.3. The Morgan fingerprint density at radius 3 is 2.49 bits per heavy atom. The number of hydrogen-bond donors (Lipinski definition) is 4. The minimum Gasteiger partial charge on any atom is -0.464 e. The Morgan fingerprint density at radius 2 is 1.78 bits per heavy atom. The number of carbonyl (C=O) groups is 6. The highest BCUT2D eigenvalue weighted by Crippen LogP contribution is 2.67. The molecule has 4 saturated carbocycles. The number of anilines is 1. The Kier molecular flexibility index (Phi) is 8.11. The summed E-state index contributed by atoms with van der Waals surface area (Å²) in [6.07, 6.45) is 6.13. The smallest absolute Gasteiger partial charge is 0.287 e. The van der Waals surface area contributed by atoms with Crippen LogP contribution in [0.3, 0.4) is 0 Å². The molecule has 1 saturated heterocycles. The van der Waals surface area contributed by atoms with Crippen LogP contribution in [0, 0.1) is 17.8 Å². The number of amides is 5. The number of hydrogen-bond acceptors (Lipinski definition) is 8. The van der Waals surface area contributed by atoms with Gasteiger partial charge in [0.15, 0.2) is 0 Å². The van der Waals surface area contributed by atoms with E-state index in [1.165, 1.54) is 42.3 Å². The van der Waals surface area contributed by atoms with E-state index in [-0.39, 0.29) is 65.9 Å². The van der Waals surface area contributed by atoms with E-state index in [4.69, 9.17) is 4.42 Å². The molecule has 3 unspecified atom stereocenters. The van der Waals surface area contributed by atoms with E-state index in [9.17, 15) is 33.6 Å². The van der Waals surface area contributed by atoms with Crippen molar-refractivity contribution >= 4 is 52.0 Å². The zero-order chi connectivity index (χ0) is 34.6. The van der Waals surface area contributed by atoms with Crippen LogP contribution in [-0.4, -0.2) is 75.5 Å². The van der Waals surface area contributed by atoms with Gasteiger partial charge in [0.2, 0.25) is 23.5 Å². The summed E-state index contributed by atoms with van der Waals surface area (Å²) in [7, 11) is 1.31. The first-order valence-electron chi connectivity index (χ1n) is 16.6. The van der Waals surface area contributed by atoms with Gasteiger partial charge in [0.25, 0.3) is 17.4 Å². The molecule has 5 aliphatic rings. The van der Waals surface area contributed by atoms with Gasteiger partial charge in [-0.3, -0.25) is 33.6 Å². The molecule has 4 bridgehead atoms. The average molecular weight is 671 g/mol. The van der Waals surface area contributed by atoms with Crippen LogP contribution in [0.4, 0.5) is 5.69 Å². The van der Waals surface area contributed by atoms with E-state index >= 15 is 0 Å². The van der Waals surface area contributed by atoms with E-state index < -0.39 is 35.1 Å². The predicted octanol–water partition coefficient (Wildman–Crippen LogP) is 1.33. The van der Waals surface area contributed by atoms with Crippen LogP contribution in [0.5, 0.6) is 0 Å². The molecule has 1 aromatic carbocycles. The lowest BCUT2D eigenvalue weighted by Crippen LogP contribution is -2.59. The highest BCUT2D eigenvalue weighted by molar-refractivity contribution is 6.36. The maximum absolute atomic E-state index is 13.5. The van der Waals surface area contributed by atoms with Crippen molar-refractivity contribution in [2.24, 2.45) is 17.8 Å². The maximum atomic E-state index is 13.5. The average Bonchev–Trinajstić information content (AvgIpc) is 3.52. The number of aromatic nitrogens is 1. The van der Waals surface area contributed by atoms with Gasteiger partial charge >= 0.3 is 0 Å². The van der Waals surface area contributed by atoms with Gasteiger partial charge in [-0.15, -0.1) is 0 Å². The largest absolute Gasteiger partial charge is 0.464 e. The third-order valence-electron chi connectivity index (χ3n) is 10.9. The number of rotatable bonds is 11. The SMILES string of the molecule is CNC(=O)C(=O)CC[C@H](NC(=O)c1ccc2occc2c1)C(=O)Nc1cccn(CC(=O)NC2C3CC4CC2CC2(C3)C4N2C(C)=O)c1=O. The quantitative estimate of drug-likeness (QED) is 0.174. The zero-order valence-corrected chi connectivity index (χ0v) is 27.2. The molecule has 5 amide bonds. The minimum atomic E-state index is -1.28. The predicted molar refractivity (Wildman–Crippen MR) is 175 cm³/mol. The lowest BCUT2D eigenvalue weighted by Gasteiger charge is -2.52. The molecule has 4 aliphatic carbocycles. The molecule has 3 heterocycles. The Bertz CT molecular complexity index is 1930. The van der Waals surface area contributed by atoms with Gasteiger partial charge in [-0.2, -0.15) is 0 Å². The molecule has 0 radical (unpaired) electrons. The van der Waals surface area contributed by atoms with Crippen LogP contribution < -0.4 is 26.8 Å². The summed E-state index contributed by atoms with van der Waals surface area (Å²) >= 11 is 0. The highest BCUT2D eigenvalue weighted by Gasteiger charge is 2.75. The third kappa shape index (κ3) is 5.78. The van der Waals surface area contributed by atoms with E-state index in [1.807, 2.05) is 0 Å². The second-order valence-corrected chi connectivity index (χ2v) is 13.8. The molecule has 14 heteroatoms. The highest BCUT2D eigenvalue weighted by atomic mass is 16.3. The summed E-state index contributed by atoms with van der Waals surface area (Å²) < 4.78 is 6.52. The Hall–Kier alpha value is -5.27. The number of fused-ring (bicyclic) bond motifs is 1. The van der Waals surface area contributed by atoms with Crippen LogP contribution in [0.15, 0.2) is 58.1 Å². The number of Topliss-reactive ketones (excluding diaryl/α,β-unsaturated/α-hetero) is 1. The summed E-state index contributed by atoms with van der Waals surface area (Å²) in [5.41, 5.74) is 0.0447. The number of likely N-dealkylation sites (N-methyl/N-ethyl adjacent to an activating group) is 1. The van der Waals surface area contributed by atoms with E-state index in [0.29, 0.717) is 22.9 Å². The van der Waals surface area contributed by atoms with Gasteiger partial charge in [-0.1, -0.05) is 0 Å². The molecular weight excluding hydrogens is 632 g/mol. The first-order valence-corrected chi connectivity index (χ1v) is 16.6. The maximum Gasteiger partial charge on any atom is 0.287 e. The van der Waals surface area contributed by atoms with E-state index in [1.54, 1.807) is 25.1 Å². The fourth-order valence-electron chi connectivity index (χ4n) is 8.96. The van der Waals surface area contributed by atoms with Crippen LogP contribution >= 0.6 is 0 Å². The fourth-order valence-corrected chi connectivity index (χ4v) is 8.96. The molecule has 1 spiro atoms. The number of nitrogens with one attached hydrogen (secondary N) is 4. The number of furan rings is 1. The van der Waals surface area contributed by atoms with E-state index in [0.717, 1.165) is 25.7 Å². The summed E-state index contributed by atoms with van der Waals surface area (Å²) in [6, 6.07) is 8.39. The van der Waals surface area contributed by atoms with Crippen molar-refractivity contribution in [2.45, 2.75) is 75.7 Å². The molecule has 4 atom stereocenters. The molecule has 256 valence electrons. The standard InChI is InChI=1S/C35H38N6O8/c1-18(42)41-30-21-13-22-15-35(30,41)16-23(14-21)29(22)39-28(44)17-40-10-3-4-25(34(40)48)38-32(46)24(6-7-26(43)33(47)36-2)37-31(45)20-5-8-27-19(12-20)9-11-49-27/h3-5,8-12,21-24,29-30H,6-7,13-17H2,1-2H3,(H,36,47)(H,37,45)(H,38,46)(H,39,44)/t21?,22?,23?,24-,29?,30?,35?,41?/m0/s1. The molecule has 14 nitrogen and oxygen atoms in total. The van der Waals surface area contributed by atoms with Gasteiger partial charge in [-0.25, -0.2) is 0 Å². The second-order valence-electron chi connectivity index (χ2n) is 13.8. The lowest BCUT2D eigenvalue weighted by molar-refractivity contribution is -0.137. The summed E-state index contributed by atoms with van der Waals surface area (Å²) in [5.74, 6) is -2.11. The summed E-state index contributed by atoms with van der Waals surface area (Å²) in [6.45, 7) is 1.38. The van der Waals surface area contributed by atoms with Gasteiger partial charge in [0.05, 0.1) is 17.8 Å². The summed E-state index contributed by atoms with van der Waals surface area (Å²) in [5, 5.41) is 11.3. The van der Waals surface area contributed by atoms with Crippen molar-refractivity contribution < 1.29 is 33.2 Å². The number of benzene rings is 1. The fraction of sp³-hybridized carbons (Fsp3) is 0.457. The van der Waals surface area contributed by atoms with Crippen LogP contribution in [0.2, 0.25) is 0 Å². The normalized spacial score (nSPS) is 26.4. The zero-order valence-electron chi connectivity index (χ0n) is 27.2. The monoisotopic (exact) mass is 670 g/mol. The van der Waals surface area contributed by atoms with Gasteiger partial charge in [0, 0.05) is 43.6 Å². The molecule has 8 rings (SSSR count). The number of likely N-dealkylation sites (tertiary alicyclic amines) is 1. The lowest BCUT2D eigenvalue weighted by atomic mass is 9.54. The van der Waals surface area contributed by atoms with Crippen molar-refractivity contribution in [3.63, 3.8) is 0 Å². The first kappa shape index (κ1) is 32.3. The Balaban J connectivity index is 1.01.